The molecular formula is C16H22N2O2. The maximum absolute atomic E-state index is 9.36. The molecule has 1 heterocycles. The Bertz CT molecular complexity index is 553. The van der Waals surface area contributed by atoms with Crippen LogP contribution in [0.2, 0.25) is 0 Å². The molecule has 0 amide bonds. The number of nitrogens with zero attached hydrogens (tertiary/aromatic N) is 2. The summed E-state index contributed by atoms with van der Waals surface area (Å²) in [6.07, 6.45) is 4.90. The summed E-state index contributed by atoms with van der Waals surface area (Å²) in [5.74, 6) is 0. The molecule has 4 heteroatoms. The van der Waals surface area contributed by atoms with E-state index in [0.717, 1.165) is 47.4 Å². The molecule has 2 aromatic rings. The van der Waals surface area contributed by atoms with Gasteiger partial charge in [-0.2, -0.15) is 5.10 Å². The molecule has 4 nitrogen and oxygen atoms in total. The van der Waals surface area contributed by atoms with Crippen molar-refractivity contribution in [3.05, 3.63) is 41.2 Å². The number of hydrogen-bond donors (Lipinski definition) is 1. The first-order valence-electron chi connectivity index (χ1n) is 6.88. The minimum Gasteiger partial charge on any atom is -0.392 e. The Balaban J connectivity index is 2.20. The number of aromatic nitrogens is 2. The van der Waals surface area contributed by atoms with Crippen molar-refractivity contribution in [3.63, 3.8) is 0 Å². The summed E-state index contributed by atoms with van der Waals surface area (Å²) in [7, 11) is 1.71. The molecule has 0 unspecified atom stereocenters. The highest BCUT2D eigenvalue weighted by Crippen LogP contribution is 2.25. The van der Waals surface area contributed by atoms with Gasteiger partial charge in [0.25, 0.3) is 0 Å². The monoisotopic (exact) mass is 274 g/mol. The number of aryl methyl sites for hydroxylation is 3. The third-order valence-corrected chi connectivity index (χ3v) is 3.56. The number of hydrogen-bond acceptors (Lipinski definition) is 3. The minimum absolute atomic E-state index is 0.0915. The Labute approximate surface area is 120 Å². The maximum Gasteiger partial charge on any atom is 0.0686 e. The highest BCUT2D eigenvalue weighted by atomic mass is 16.5. The summed E-state index contributed by atoms with van der Waals surface area (Å²) >= 11 is 0. The van der Waals surface area contributed by atoms with Crippen molar-refractivity contribution < 1.29 is 9.84 Å². The number of aliphatic hydroxyl groups excluding tert-OH is 1. The van der Waals surface area contributed by atoms with Gasteiger partial charge < -0.3 is 9.84 Å². The number of benzene rings is 1. The third kappa shape index (κ3) is 3.26. The van der Waals surface area contributed by atoms with Crippen LogP contribution in [0.3, 0.4) is 0 Å². The van der Waals surface area contributed by atoms with Crippen LogP contribution in [-0.2, 0) is 17.9 Å². The summed E-state index contributed by atoms with van der Waals surface area (Å²) in [5.41, 5.74) is 5.51. The van der Waals surface area contributed by atoms with E-state index >= 15 is 0 Å². The number of aliphatic hydroxyl groups is 1. The molecule has 0 bridgehead atoms. The normalized spacial score (nSPS) is 11.0. The van der Waals surface area contributed by atoms with Crippen molar-refractivity contribution in [2.24, 2.45) is 0 Å². The van der Waals surface area contributed by atoms with Gasteiger partial charge in [0.15, 0.2) is 0 Å². The first kappa shape index (κ1) is 14.8. The average Bonchev–Trinajstić information content (AvgIpc) is 2.87. The fourth-order valence-electron chi connectivity index (χ4n) is 2.42. The van der Waals surface area contributed by atoms with Crippen LogP contribution in [0.15, 0.2) is 24.5 Å². The molecule has 108 valence electrons. The molecule has 2 rings (SSSR count). The zero-order chi connectivity index (χ0) is 14.5. The molecule has 0 radical (unpaired) electrons. The first-order chi connectivity index (χ1) is 9.65. The lowest BCUT2D eigenvalue weighted by Crippen LogP contribution is -2.01. The van der Waals surface area contributed by atoms with Gasteiger partial charge in [-0.3, -0.25) is 4.68 Å². The summed E-state index contributed by atoms with van der Waals surface area (Å²) in [5, 5.41) is 13.7. The molecule has 20 heavy (non-hydrogen) atoms. The van der Waals surface area contributed by atoms with Gasteiger partial charge in [-0.15, -0.1) is 0 Å². The standard InChI is InChI=1S/C16H22N2O2/c1-12-7-14(8-13(2)16(12)11-19)15-9-17-18(10-15)5-4-6-20-3/h7-10,19H,4-6,11H2,1-3H3. The molecule has 0 aliphatic rings. The molecule has 1 aromatic heterocycles. The van der Waals surface area contributed by atoms with Gasteiger partial charge in [0.1, 0.15) is 0 Å². The lowest BCUT2D eigenvalue weighted by atomic mass is 9.97. The van der Waals surface area contributed by atoms with Gasteiger partial charge >= 0.3 is 0 Å². The minimum atomic E-state index is 0.0915. The number of ether oxygens (including phenoxy) is 1. The lowest BCUT2D eigenvalue weighted by molar-refractivity contribution is 0.189. The Morgan fingerprint density at radius 1 is 1.20 bits per heavy atom. The molecule has 0 aliphatic carbocycles. The zero-order valence-electron chi connectivity index (χ0n) is 12.4. The van der Waals surface area contributed by atoms with Gasteiger partial charge in [-0.05, 0) is 42.5 Å². The van der Waals surface area contributed by atoms with Crippen LogP contribution in [0.5, 0.6) is 0 Å². The second-order valence-corrected chi connectivity index (χ2v) is 5.09. The lowest BCUT2D eigenvalue weighted by Gasteiger charge is -2.09. The first-order valence-corrected chi connectivity index (χ1v) is 6.88. The molecule has 1 aromatic carbocycles. The molecule has 0 saturated heterocycles. The van der Waals surface area contributed by atoms with Crippen LogP contribution in [0, 0.1) is 13.8 Å². The Morgan fingerprint density at radius 3 is 2.50 bits per heavy atom. The number of methoxy groups -OCH3 is 1. The predicted molar refractivity (Wildman–Crippen MR) is 79.6 cm³/mol. The second-order valence-electron chi connectivity index (χ2n) is 5.09. The Morgan fingerprint density at radius 2 is 1.90 bits per heavy atom. The van der Waals surface area contributed by atoms with E-state index in [1.807, 2.05) is 24.7 Å². The van der Waals surface area contributed by atoms with Crippen molar-refractivity contribution in [2.45, 2.75) is 33.4 Å². The Hall–Kier alpha value is -1.65. The summed E-state index contributed by atoms with van der Waals surface area (Å²) in [6.45, 7) is 5.77. The topological polar surface area (TPSA) is 47.3 Å². The summed E-state index contributed by atoms with van der Waals surface area (Å²) in [6, 6.07) is 4.21. The van der Waals surface area contributed by atoms with Gasteiger partial charge in [-0.1, -0.05) is 12.1 Å². The van der Waals surface area contributed by atoms with Crippen molar-refractivity contribution in [2.75, 3.05) is 13.7 Å². The van der Waals surface area contributed by atoms with Crippen LogP contribution in [0.25, 0.3) is 11.1 Å². The number of rotatable bonds is 6. The van der Waals surface area contributed by atoms with Gasteiger partial charge in [0.05, 0.1) is 12.8 Å². The molecular weight excluding hydrogens is 252 g/mol. The van der Waals surface area contributed by atoms with Crippen LogP contribution in [0.4, 0.5) is 0 Å². The van der Waals surface area contributed by atoms with E-state index in [1.54, 1.807) is 7.11 Å². The van der Waals surface area contributed by atoms with Crippen LogP contribution in [0.1, 0.15) is 23.1 Å². The predicted octanol–water partition coefficient (Wildman–Crippen LogP) is 2.70. The molecule has 0 aliphatic heterocycles. The highest BCUT2D eigenvalue weighted by molar-refractivity contribution is 5.64. The van der Waals surface area contributed by atoms with Crippen molar-refractivity contribution >= 4 is 0 Å². The van der Waals surface area contributed by atoms with E-state index in [0.29, 0.717) is 0 Å². The smallest absolute Gasteiger partial charge is 0.0686 e. The summed E-state index contributed by atoms with van der Waals surface area (Å²) in [4.78, 5) is 0. The fourth-order valence-corrected chi connectivity index (χ4v) is 2.42. The fraction of sp³-hybridized carbons (Fsp3) is 0.438. The average molecular weight is 274 g/mol. The molecule has 0 spiro atoms. The summed E-state index contributed by atoms with van der Waals surface area (Å²) < 4.78 is 6.99. The van der Waals surface area contributed by atoms with Crippen molar-refractivity contribution in [1.82, 2.24) is 9.78 Å². The largest absolute Gasteiger partial charge is 0.392 e. The molecule has 0 fully saturated rings. The third-order valence-electron chi connectivity index (χ3n) is 3.56. The van der Waals surface area contributed by atoms with Crippen LogP contribution < -0.4 is 0 Å². The Kier molecular flexibility index (Phi) is 4.93. The van der Waals surface area contributed by atoms with E-state index in [9.17, 15) is 5.11 Å². The second kappa shape index (κ2) is 6.68. The van der Waals surface area contributed by atoms with Gasteiger partial charge in [-0.25, -0.2) is 0 Å². The van der Waals surface area contributed by atoms with E-state index < -0.39 is 0 Å². The van der Waals surface area contributed by atoms with Gasteiger partial charge in [0.2, 0.25) is 0 Å². The highest BCUT2D eigenvalue weighted by Gasteiger charge is 2.07. The van der Waals surface area contributed by atoms with Crippen LogP contribution in [-0.4, -0.2) is 28.6 Å². The van der Waals surface area contributed by atoms with E-state index in [-0.39, 0.29) is 6.61 Å². The van der Waals surface area contributed by atoms with Crippen molar-refractivity contribution in [3.8, 4) is 11.1 Å². The van der Waals surface area contributed by atoms with Crippen molar-refractivity contribution in [1.29, 1.82) is 0 Å². The SMILES string of the molecule is COCCCn1cc(-c2cc(C)c(CO)c(C)c2)cn1. The van der Waals surface area contributed by atoms with Gasteiger partial charge in [0, 0.05) is 32.0 Å². The molecule has 1 N–H and O–H groups in total. The van der Waals surface area contributed by atoms with E-state index in [1.165, 1.54) is 0 Å². The quantitative estimate of drug-likeness (QED) is 0.824. The maximum atomic E-state index is 9.36. The molecule has 0 atom stereocenters. The van der Waals surface area contributed by atoms with Crippen LogP contribution >= 0.6 is 0 Å². The zero-order valence-corrected chi connectivity index (χ0v) is 12.4. The van der Waals surface area contributed by atoms with E-state index in [4.69, 9.17) is 4.74 Å². The molecule has 0 saturated carbocycles. The van der Waals surface area contributed by atoms with E-state index in [2.05, 4.69) is 23.4 Å².